The minimum absolute atomic E-state index is 0.0696. The van der Waals surface area contributed by atoms with Crippen LogP contribution in [0.5, 0.6) is 0 Å². The number of carbonyl (C=O) groups is 1. The van der Waals surface area contributed by atoms with E-state index in [0.717, 1.165) is 9.99 Å². The molecule has 16 heavy (non-hydrogen) atoms. The fourth-order valence-corrected chi connectivity index (χ4v) is 1.71. The highest BCUT2D eigenvalue weighted by molar-refractivity contribution is 9.10. The summed E-state index contributed by atoms with van der Waals surface area (Å²) in [5, 5.41) is 0. The van der Waals surface area contributed by atoms with Gasteiger partial charge in [0.2, 0.25) is 5.89 Å². The van der Waals surface area contributed by atoms with Crippen LogP contribution in [0.1, 0.15) is 12.8 Å². The van der Waals surface area contributed by atoms with Crippen molar-refractivity contribution in [1.29, 1.82) is 0 Å². The zero-order chi connectivity index (χ0) is 11.5. The Bertz CT molecular complexity index is 521. The van der Waals surface area contributed by atoms with Gasteiger partial charge in [-0.25, -0.2) is 4.98 Å². The van der Waals surface area contributed by atoms with Crippen LogP contribution in [0, 0.1) is 0 Å². The van der Waals surface area contributed by atoms with Crippen LogP contribution in [-0.2, 0) is 16.0 Å². The van der Waals surface area contributed by atoms with Crippen LogP contribution in [0.25, 0.3) is 11.1 Å². The quantitative estimate of drug-likeness (QED) is 0.813. The fraction of sp³-hybridized carbons (Fsp3) is 0.273. The summed E-state index contributed by atoms with van der Waals surface area (Å²) in [6, 6.07) is 5.51. The highest BCUT2D eigenvalue weighted by Gasteiger charge is 2.11. The molecule has 0 aliphatic rings. The fourth-order valence-electron chi connectivity index (χ4n) is 1.36. The zero-order valence-corrected chi connectivity index (χ0v) is 10.3. The molecule has 2 aromatic rings. The van der Waals surface area contributed by atoms with Gasteiger partial charge < -0.3 is 9.15 Å². The minimum atomic E-state index is -0.326. The molecule has 0 saturated heterocycles. The van der Waals surface area contributed by atoms with Crippen molar-refractivity contribution in [3.05, 3.63) is 28.6 Å². The number of aromatic nitrogens is 1. The number of hydrogen-bond acceptors (Lipinski definition) is 4. The molecule has 0 fully saturated rings. The maximum atomic E-state index is 11.2. The van der Waals surface area contributed by atoms with Crippen molar-refractivity contribution in [2.24, 2.45) is 0 Å². The molecule has 0 aliphatic carbocycles. The Hall–Kier alpha value is -1.36. The molecular formula is C11H10BrNO3. The monoisotopic (exact) mass is 283 g/mol. The van der Waals surface area contributed by atoms with Crippen molar-refractivity contribution < 1.29 is 13.9 Å². The van der Waals surface area contributed by atoms with Gasteiger partial charge in [-0.2, -0.15) is 0 Å². The Balaban J connectivity index is 2.23. The third-order valence-corrected chi connectivity index (χ3v) is 2.49. The first-order valence-electron chi connectivity index (χ1n) is 4.89. The number of ether oxygens (including phenoxy) is 1. The summed E-state index contributed by atoms with van der Waals surface area (Å²) in [6.45, 7) is 2.13. The Morgan fingerprint density at radius 2 is 2.38 bits per heavy atom. The third kappa shape index (κ3) is 2.41. The predicted molar refractivity (Wildman–Crippen MR) is 62.0 cm³/mol. The average Bonchev–Trinajstić information content (AvgIpc) is 2.59. The number of esters is 1. The van der Waals surface area contributed by atoms with Crippen LogP contribution >= 0.6 is 15.9 Å². The van der Waals surface area contributed by atoms with E-state index in [0.29, 0.717) is 18.1 Å². The summed E-state index contributed by atoms with van der Waals surface area (Å²) >= 11 is 3.34. The van der Waals surface area contributed by atoms with Crippen molar-refractivity contribution in [3.63, 3.8) is 0 Å². The highest BCUT2D eigenvalue weighted by Crippen LogP contribution is 2.20. The minimum Gasteiger partial charge on any atom is -0.466 e. The van der Waals surface area contributed by atoms with Crippen molar-refractivity contribution >= 4 is 33.0 Å². The normalized spacial score (nSPS) is 10.6. The summed E-state index contributed by atoms with van der Waals surface area (Å²) in [6.07, 6.45) is 0.0696. The summed E-state index contributed by atoms with van der Waals surface area (Å²) in [5.74, 6) is 0.0553. The van der Waals surface area contributed by atoms with E-state index in [-0.39, 0.29) is 12.4 Å². The molecule has 5 heteroatoms. The van der Waals surface area contributed by atoms with E-state index < -0.39 is 0 Å². The molecule has 0 spiro atoms. The average molecular weight is 284 g/mol. The van der Waals surface area contributed by atoms with E-state index in [4.69, 9.17) is 9.15 Å². The van der Waals surface area contributed by atoms with E-state index in [1.807, 2.05) is 12.1 Å². The van der Waals surface area contributed by atoms with E-state index >= 15 is 0 Å². The van der Waals surface area contributed by atoms with Crippen LogP contribution in [0.15, 0.2) is 27.1 Å². The van der Waals surface area contributed by atoms with Crippen molar-refractivity contribution in [3.8, 4) is 0 Å². The molecule has 1 heterocycles. The standard InChI is InChI=1S/C11H10BrNO3/c1-2-15-11(14)6-10-13-8-5-7(12)3-4-9(8)16-10/h3-5H,2,6H2,1H3. The SMILES string of the molecule is CCOC(=O)Cc1nc2cc(Br)ccc2o1. The summed E-state index contributed by atoms with van der Waals surface area (Å²) in [4.78, 5) is 15.4. The molecule has 0 unspecified atom stereocenters. The summed E-state index contributed by atoms with van der Waals surface area (Å²) in [5.41, 5.74) is 1.40. The van der Waals surface area contributed by atoms with Gasteiger partial charge in [-0.15, -0.1) is 0 Å². The molecule has 4 nitrogen and oxygen atoms in total. The van der Waals surface area contributed by atoms with Crippen molar-refractivity contribution in [2.45, 2.75) is 13.3 Å². The summed E-state index contributed by atoms with van der Waals surface area (Å²) in [7, 11) is 0. The molecule has 1 aromatic heterocycles. The lowest BCUT2D eigenvalue weighted by molar-refractivity contribution is -0.142. The lowest BCUT2D eigenvalue weighted by Gasteiger charge is -1.96. The first kappa shape index (κ1) is 11.1. The van der Waals surface area contributed by atoms with Crippen LogP contribution in [0.4, 0.5) is 0 Å². The second-order valence-corrected chi connectivity index (χ2v) is 4.12. The Labute approximate surface area is 101 Å². The lowest BCUT2D eigenvalue weighted by atomic mass is 10.3. The van der Waals surface area contributed by atoms with Gasteiger partial charge in [0, 0.05) is 4.47 Å². The number of carbonyl (C=O) groups excluding carboxylic acids is 1. The van der Waals surface area contributed by atoms with Gasteiger partial charge in [0.15, 0.2) is 5.58 Å². The highest BCUT2D eigenvalue weighted by atomic mass is 79.9. The topological polar surface area (TPSA) is 52.3 Å². The zero-order valence-electron chi connectivity index (χ0n) is 8.70. The number of nitrogens with zero attached hydrogens (tertiary/aromatic N) is 1. The van der Waals surface area contributed by atoms with Crippen LogP contribution < -0.4 is 0 Å². The molecule has 0 bridgehead atoms. The van der Waals surface area contributed by atoms with E-state index in [1.54, 1.807) is 13.0 Å². The maximum absolute atomic E-state index is 11.2. The van der Waals surface area contributed by atoms with E-state index in [2.05, 4.69) is 20.9 Å². The Morgan fingerprint density at radius 3 is 3.12 bits per heavy atom. The molecule has 1 aromatic carbocycles. The van der Waals surface area contributed by atoms with Gasteiger partial charge in [0.25, 0.3) is 0 Å². The number of rotatable bonds is 3. The van der Waals surface area contributed by atoms with E-state index in [1.165, 1.54) is 0 Å². The predicted octanol–water partition coefficient (Wildman–Crippen LogP) is 2.70. The number of fused-ring (bicyclic) bond motifs is 1. The van der Waals surface area contributed by atoms with Crippen molar-refractivity contribution in [1.82, 2.24) is 4.98 Å². The summed E-state index contributed by atoms with van der Waals surface area (Å²) < 4.78 is 11.2. The van der Waals surface area contributed by atoms with Gasteiger partial charge in [-0.05, 0) is 25.1 Å². The molecule has 0 N–H and O–H groups in total. The Morgan fingerprint density at radius 1 is 1.56 bits per heavy atom. The molecule has 0 aliphatic heterocycles. The number of halogens is 1. The first-order valence-corrected chi connectivity index (χ1v) is 5.69. The van der Waals surface area contributed by atoms with Gasteiger partial charge in [-0.3, -0.25) is 4.79 Å². The first-order chi connectivity index (χ1) is 7.69. The van der Waals surface area contributed by atoms with Crippen molar-refractivity contribution in [2.75, 3.05) is 6.61 Å². The number of oxazole rings is 1. The maximum Gasteiger partial charge on any atom is 0.315 e. The molecule has 2 rings (SSSR count). The van der Waals surface area contributed by atoms with Gasteiger partial charge in [-0.1, -0.05) is 15.9 Å². The molecule has 0 atom stereocenters. The Kier molecular flexibility index (Phi) is 3.24. The van der Waals surface area contributed by atoms with Gasteiger partial charge in [0.1, 0.15) is 11.9 Å². The smallest absolute Gasteiger partial charge is 0.315 e. The third-order valence-electron chi connectivity index (χ3n) is 1.99. The largest absolute Gasteiger partial charge is 0.466 e. The number of hydrogen-bond donors (Lipinski definition) is 0. The second-order valence-electron chi connectivity index (χ2n) is 3.20. The number of benzene rings is 1. The molecule has 0 radical (unpaired) electrons. The lowest BCUT2D eigenvalue weighted by Crippen LogP contribution is -2.07. The van der Waals surface area contributed by atoms with Gasteiger partial charge >= 0.3 is 5.97 Å². The second kappa shape index (κ2) is 4.65. The van der Waals surface area contributed by atoms with Crippen LogP contribution in [0.3, 0.4) is 0 Å². The molecule has 0 saturated carbocycles. The van der Waals surface area contributed by atoms with Crippen LogP contribution in [-0.4, -0.2) is 17.6 Å². The molecular weight excluding hydrogens is 274 g/mol. The molecule has 84 valence electrons. The van der Waals surface area contributed by atoms with Gasteiger partial charge in [0.05, 0.1) is 6.61 Å². The van der Waals surface area contributed by atoms with Crippen LogP contribution in [0.2, 0.25) is 0 Å². The molecule has 0 amide bonds. The van der Waals surface area contributed by atoms with E-state index in [9.17, 15) is 4.79 Å².